The molecule has 0 bridgehead atoms. The molecule has 2 fully saturated rings. The van der Waals surface area contributed by atoms with Crippen molar-refractivity contribution in [1.29, 1.82) is 0 Å². The Morgan fingerprint density at radius 1 is 1.39 bits per heavy atom. The predicted octanol–water partition coefficient (Wildman–Crippen LogP) is 2.73. The third-order valence-corrected chi connectivity index (χ3v) is 3.63. The van der Waals surface area contributed by atoms with Crippen LogP contribution in [-0.2, 0) is 9.53 Å². The predicted molar refractivity (Wildman–Crippen MR) is 68.8 cm³/mol. The van der Waals surface area contributed by atoms with Gasteiger partial charge in [-0.3, -0.25) is 4.79 Å². The van der Waals surface area contributed by atoms with Crippen LogP contribution in [0.2, 0.25) is 0 Å². The van der Waals surface area contributed by atoms with E-state index in [2.05, 4.69) is 0 Å². The number of carbonyl (C=O) groups is 1. The zero-order valence-corrected chi connectivity index (χ0v) is 9.93. The van der Waals surface area contributed by atoms with E-state index in [1.807, 2.05) is 6.07 Å². The highest BCUT2D eigenvalue weighted by atomic mass is 16.5. The number of hydrogen-bond donors (Lipinski definition) is 0. The Balaban J connectivity index is 2.05. The summed E-state index contributed by atoms with van der Waals surface area (Å²) in [6, 6.07) is 8.68. The van der Waals surface area contributed by atoms with Gasteiger partial charge in [-0.2, -0.15) is 0 Å². The van der Waals surface area contributed by atoms with Crippen LogP contribution in [0.25, 0.3) is 0 Å². The first-order chi connectivity index (χ1) is 11.1. The summed E-state index contributed by atoms with van der Waals surface area (Å²) < 4.78 is 52.3. The van der Waals surface area contributed by atoms with E-state index in [-0.39, 0.29) is 19.1 Å². The Kier molecular flexibility index (Phi) is 1.53. The van der Waals surface area contributed by atoms with E-state index in [4.69, 9.17) is 13.0 Å². The molecule has 2 aliphatic rings. The Bertz CT molecular complexity index is 613. The van der Waals surface area contributed by atoms with Gasteiger partial charge in [0, 0.05) is 19.2 Å². The Morgan fingerprint density at radius 2 is 2.17 bits per heavy atom. The van der Waals surface area contributed by atoms with Crippen LogP contribution in [0.3, 0.4) is 0 Å². The molecule has 18 heavy (non-hydrogen) atoms. The molecule has 0 spiro atoms. The molecule has 1 aromatic carbocycles. The van der Waals surface area contributed by atoms with E-state index in [0.717, 1.165) is 0 Å². The second-order valence-electron chi connectivity index (χ2n) is 4.91. The average Bonchev–Trinajstić information content (AvgIpc) is 2.90. The van der Waals surface area contributed by atoms with Crippen LogP contribution in [-0.4, -0.2) is 23.5 Å². The molecule has 3 heteroatoms. The number of amides is 1. The second-order valence-corrected chi connectivity index (χ2v) is 4.91. The molecule has 2 atom stereocenters. The molecule has 96 valence electrons. The number of fused-ring (bicyclic) bond motifs is 1. The summed E-state index contributed by atoms with van der Waals surface area (Å²) in [5, 5.41) is 0. The van der Waals surface area contributed by atoms with Crippen molar-refractivity contribution in [3.05, 3.63) is 35.9 Å². The molecule has 0 saturated carbocycles. The SMILES string of the molecule is [2H]C([2H])([2H])C1(C([2H])([2H])[2H])CCC2COC(c3ccccc3)N2C1=O. The number of nitrogens with zero attached hydrogens (tertiary/aromatic N) is 1. The minimum Gasteiger partial charge on any atom is -0.352 e. The Morgan fingerprint density at radius 3 is 2.89 bits per heavy atom. The van der Waals surface area contributed by atoms with Crippen molar-refractivity contribution in [2.24, 2.45) is 5.41 Å². The molecule has 1 aromatic rings. The van der Waals surface area contributed by atoms with Gasteiger partial charge < -0.3 is 9.64 Å². The van der Waals surface area contributed by atoms with Crippen molar-refractivity contribution in [3.63, 3.8) is 0 Å². The number of ether oxygens (including phenoxy) is 1. The summed E-state index contributed by atoms with van der Waals surface area (Å²) in [6.45, 7) is -5.54. The van der Waals surface area contributed by atoms with Crippen LogP contribution in [0, 0.1) is 5.41 Å². The smallest absolute Gasteiger partial charge is 0.230 e. The van der Waals surface area contributed by atoms with Crippen LogP contribution in [0.4, 0.5) is 0 Å². The van der Waals surface area contributed by atoms with Crippen molar-refractivity contribution in [2.75, 3.05) is 6.61 Å². The van der Waals surface area contributed by atoms with Crippen LogP contribution >= 0.6 is 0 Å². The van der Waals surface area contributed by atoms with Gasteiger partial charge in [0.1, 0.15) is 0 Å². The van der Waals surface area contributed by atoms with Crippen molar-refractivity contribution >= 4 is 5.91 Å². The van der Waals surface area contributed by atoms with Crippen molar-refractivity contribution in [3.8, 4) is 0 Å². The van der Waals surface area contributed by atoms with Crippen molar-refractivity contribution in [2.45, 2.75) is 38.8 Å². The molecule has 0 radical (unpaired) electrons. The van der Waals surface area contributed by atoms with E-state index in [1.165, 1.54) is 4.90 Å². The van der Waals surface area contributed by atoms with Gasteiger partial charge in [-0.25, -0.2) is 0 Å². The van der Waals surface area contributed by atoms with E-state index in [9.17, 15) is 4.79 Å². The molecule has 2 saturated heterocycles. The summed E-state index contributed by atoms with van der Waals surface area (Å²) in [6.07, 6.45) is -0.635. The zero-order valence-electron chi connectivity index (χ0n) is 15.9. The summed E-state index contributed by atoms with van der Waals surface area (Å²) >= 11 is 0. The number of benzene rings is 1. The number of piperidine rings is 1. The number of hydrogen-bond acceptors (Lipinski definition) is 2. The quantitative estimate of drug-likeness (QED) is 0.768. The lowest BCUT2D eigenvalue weighted by Gasteiger charge is -2.40. The first-order valence-electron chi connectivity index (χ1n) is 9.09. The van der Waals surface area contributed by atoms with E-state index in [1.54, 1.807) is 24.3 Å². The summed E-state index contributed by atoms with van der Waals surface area (Å²) in [7, 11) is 0. The number of carbonyl (C=O) groups excluding carboxylic acids is 1. The van der Waals surface area contributed by atoms with Gasteiger partial charge in [-0.1, -0.05) is 44.0 Å². The molecule has 0 aromatic heterocycles. The summed E-state index contributed by atoms with van der Waals surface area (Å²) in [5.74, 6) is -0.856. The first kappa shape index (κ1) is 6.71. The van der Waals surface area contributed by atoms with Crippen LogP contribution in [0.15, 0.2) is 30.3 Å². The third-order valence-electron chi connectivity index (χ3n) is 3.63. The van der Waals surface area contributed by atoms with Gasteiger partial charge >= 0.3 is 0 Å². The Labute approximate surface area is 116 Å². The van der Waals surface area contributed by atoms with Crippen molar-refractivity contribution in [1.82, 2.24) is 4.90 Å². The third kappa shape index (κ3) is 1.74. The highest BCUT2D eigenvalue weighted by Gasteiger charge is 2.47. The van der Waals surface area contributed by atoms with Gasteiger partial charge in [0.2, 0.25) is 5.91 Å². The van der Waals surface area contributed by atoms with E-state index >= 15 is 0 Å². The maximum absolute atomic E-state index is 13.1. The fourth-order valence-corrected chi connectivity index (χ4v) is 2.63. The minimum atomic E-state index is -2.91. The highest BCUT2D eigenvalue weighted by molar-refractivity contribution is 5.83. The van der Waals surface area contributed by atoms with Crippen molar-refractivity contribution < 1.29 is 17.8 Å². The maximum atomic E-state index is 13.1. The lowest BCUT2D eigenvalue weighted by molar-refractivity contribution is -0.152. The molecular formula is C15H19NO2. The lowest BCUT2D eigenvalue weighted by Crippen LogP contribution is -2.49. The largest absolute Gasteiger partial charge is 0.352 e. The fraction of sp³-hybridized carbons (Fsp3) is 0.533. The highest BCUT2D eigenvalue weighted by Crippen LogP contribution is 2.42. The summed E-state index contributed by atoms with van der Waals surface area (Å²) in [4.78, 5) is 14.5. The second kappa shape index (κ2) is 4.09. The topological polar surface area (TPSA) is 29.5 Å². The Hall–Kier alpha value is -1.35. The van der Waals surface area contributed by atoms with Gasteiger partial charge in [0.15, 0.2) is 6.23 Å². The summed E-state index contributed by atoms with van der Waals surface area (Å²) in [5.41, 5.74) is -1.67. The molecule has 1 amide bonds. The van der Waals surface area contributed by atoms with Crippen LogP contribution in [0.5, 0.6) is 0 Å². The van der Waals surface area contributed by atoms with Gasteiger partial charge in [-0.15, -0.1) is 0 Å². The standard InChI is InChI=1S/C15H19NO2/c1-15(2)9-8-12-10-18-13(16(12)14(15)17)11-6-4-3-5-7-11/h3-7,12-13H,8-10H2,1-2H3/i1D3,2D3. The normalized spacial score (nSPS) is 36.7. The molecule has 0 aliphatic carbocycles. The minimum absolute atomic E-state index is 0.190. The van der Waals surface area contributed by atoms with E-state index < -0.39 is 31.3 Å². The monoisotopic (exact) mass is 251 g/mol. The van der Waals surface area contributed by atoms with Gasteiger partial charge in [0.25, 0.3) is 0 Å². The molecule has 2 unspecified atom stereocenters. The van der Waals surface area contributed by atoms with E-state index in [0.29, 0.717) is 12.0 Å². The first-order valence-corrected chi connectivity index (χ1v) is 6.09. The molecule has 2 heterocycles. The average molecular weight is 251 g/mol. The zero-order chi connectivity index (χ0) is 17.8. The fourth-order valence-electron chi connectivity index (χ4n) is 2.63. The number of rotatable bonds is 1. The van der Waals surface area contributed by atoms with Crippen LogP contribution < -0.4 is 0 Å². The maximum Gasteiger partial charge on any atom is 0.230 e. The van der Waals surface area contributed by atoms with Crippen LogP contribution in [0.1, 0.15) is 46.6 Å². The molecule has 2 aliphatic heterocycles. The molecule has 3 nitrogen and oxygen atoms in total. The van der Waals surface area contributed by atoms with Gasteiger partial charge in [-0.05, 0) is 12.8 Å². The molecule has 0 N–H and O–H groups in total. The lowest BCUT2D eigenvalue weighted by atomic mass is 9.80. The molecule has 3 rings (SSSR count). The van der Waals surface area contributed by atoms with Gasteiger partial charge in [0.05, 0.1) is 12.6 Å². The molecular weight excluding hydrogens is 226 g/mol.